The van der Waals surface area contributed by atoms with Gasteiger partial charge in [-0.3, -0.25) is 4.55 Å². The molecule has 1 aliphatic carbocycles. The third-order valence-corrected chi connectivity index (χ3v) is 14.8. The molecule has 0 radical (unpaired) electrons. The van der Waals surface area contributed by atoms with E-state index in [2.05, 4.69) is 200 Å². The Labute approximate surface area is 377 Å². The Hall–Kier alpha value is -4.51. The molecule has 8 heteroatoms. The quantitative estimate of drug-likeness (QED) is 0.0520. The van der Waals surface area contributed by atoms with E-state index in [9.17, 15) is 13.0 Å². The predicted molar refractivity (Wildman–Crippen MR) is 265 cm³/mol. The van der Waals surface area contributed by atoms with E-state index in [0.717, 1.165) is 37.2 Å². The van der Waals surface area contributed by atoms with Crippen molar-refractivity contribution >= 4 is 77.0 Å². The van der Waals surface area contributed by atoms with Crippen LogP contribution in [0.15, 0.2) is 144 Å². The van der Waals surface area contributed by atoms with Crippen molar-refractivity contribution in [2.45, 2.75) is 90.4 Å². The Kier molecular flexibility index (Phi) is 12.3. The van der Waals surface area contributed by atoms with Crippen LogP contribution in [-0.4, -0.2) is 49.1 Å². The molecule has 0 aromatic heterocycles. The van der Waals surface area contributed by atoms with E-state index < -0.39 is 10.1 Å². The Morgan fingerprint density at radius 2 is 1.44 bits per heavy atom. The molecule has 2 aliphatic heterocycles. The number of benzene rings is 5. The van der Waals surface area contributed by atoms with Crippen molar-refractivity contribution in [1.29, 1.82) is 0 Å². The average Bonchev–Trinajstić information content (AvgIpc) is 3.81. The molecule has 0 amide bonds. The van der Waals surface area contributed by atoms with E-state index in [0.29, 0.717) is 19.4 Å². The van der Waals surface area contributed by atoms with Gasteiger partial charge in [-0.05, 0) is 149 Å². The summed E-state index contributed by atoms with van der Waals surface area (Å²) in [5.74, 6) is -0.233. The molecule has 1 N–H and O–H groups in total. The van der Waals surface area contributed by atoms with Crippen LogP contribution in [-0.2, 0) is 20.9 Å². The fourth-order valence-electron chi connectivity index (χ4n) is 10.2. The van der Waals surface area contributed by atoms with Crippen LogP contribution in [0.3, 0.4) is 0 Å². The van der Waals surface area contributed by atoms with Crippen LogP contribution in [0.4, 0.5) is 17.1 Å². The van der Waals surface area contributed by atoms with Crippen LogP contribution in [0.25, 0.3) is 21.5 Å². The fraction of sp³-hybridized carbons (Fsp3) is 0.340. The van der Waals surface area contributed by atoms with Crippen LogP contribution in [0.5, 0.6) is 0 Å². The lowest BCUT2D eigenvalue weighted by molar-refractivity contribution is -0.438. The minimum Gasteiger partial charge on any atom is -0.344 e. The number of unbranched alkanes of at least 4 members (excludes halogenated alkanes) is 3. The summed E-state index contributed by atoms with van der Waals surface area (Å²) in [6.07, 6.45) is 15.9. The lowest BCUT2D eigenvalue weighted by Gasteiger charge is -2.27. The van der Waals surface area contributed by atoms with Gasteiger partial charge in [0.25, 0.3) is 10.1 Å². The van der Waals surface area contributed by atoms with Crippen molar-refractivity contribution in [2.75, 3.05) is 35.7 Å². The molecule has 0 saturated carbocycles. The largest absolute Gasteiger partial charge is 0.344 e. The standard InChI is InChI=1S/C53H58IN3O3S/c1-7-8-13-34-56-45-30-22-37-16-9-11-18-43(37)49(45)52(2,3)47(56)32-24-39-20-21-40(51(39)55(6)42-28-26-41(54)27-29-42)25-33-48-53(4,5)50-44-19-12-10-17-38(44)23-31-46(50)57(48)35-14-15-36-61(58,59)60/h9-12,16-19,22-33H,7-8,13-15,20-21,34-36H2,1-6H3/p+1. The summed E-state index contributed by atoms with van der Waals surface area (Å²) in [5, 5.41) is 5.07. The van der Waals surface area contributed by atoms with Crippen molar-refractivity contribution in [3.8, 4) is 0 Å². The first kappa shape index (κ1) is 43.2. The van der Waals surface area contributed by atoms with Gasteiger partial charge in [0.1, 0.15) is 6.54 Å². The number of hydrogen-bond acceptors (Lipinski definition) is 4. The maximum absolute atomic E-state index is 11.6. The highest BCUT2D eigenvalue weighted by Gasteiger charge is 2.46. The van der Waals surface area contributed by atoms with Gasteiger partial charge in [-0.25, -0.2) is 0 Å². The summed E-state index contributed by atoms with van der Waals surface area (Å²) in [6.45, 7) is 13.3. The van der Waals surface area contributed by atoms with Gasteiger partial charge >= 0.3 is 0 Å². The van der Waals surface area contributed by atoms with Gasteiger partial charge in [-0.15, -0.1) is 0 Å². The zero-order valence-corrected chi connectivity index (χ0v) is 39.5. The molecule has 0 spiro atoms. The molecule has 0 fully saturated rings. The van der Waals surface area contributed by atoms with E-state index in [4.69, 9.17) is 0 Å². The lowest BCUT2D eigenvalue weighted by atomic mass is 9.79. The number of fused-ring (bicyclic) bond motifs is 6. The second-order valence-corrected chi connectivity index (χ2v) is 20.8. The molecular weight excluding hydrogens is 886 g/mol. The smallest absolute Gasteiger partial charge is 0.264 e. The molecule has 0 saturated heterocycles. The number of halogens is 1. The second-order valence-electron chi connectivity index (χ2n) is 18.0. The summed E-state index contributed by atoms with van der Waals surface area (Å²) in [4.78, 5) is 4.76. The number of allylic oxidation sites excluding steroid dienone is 7. The van der Waals surface area contributed by atoms with Crippen LogP contribution in [0.2, 0.25) is 0 Å². The molecule has 0 atom stereocenters. The number of anilines is 2. The van der Waals surface area contributed by atoms with Crippen LogP contribution in [0.1, 0.15) is 90.7 Å². The van der Waals surface area contributed by atoms with E-state index in [1.807, 2.05) is 0 Å². The van der Waals surface area contributed by atoms with Gasteiger partial charge in [-0.1, -0.05) is 93.9 Å². The molecule has 61 heavy (non-hydrogen) atoms. The number of nitrogens with zero attached hydrogens (tertiary/aromatic N) is 3. The topological polar surface area (TPSA) is 63.9 Å². The normalized spacial score (nSPS) is 18.5. The first-order valence-electron chi connectivity index (χ1n) is 21.9. The molecule has 5 aromatic carbocycles. The first-order chi connectivity index (χ1) is 29.2. The molecule has 316 valence electrons. The summed E-state index contributed by atoms with van der Waals surface area (Å²) in [7, 11) is -1.82. The maximum atomic E-state index is 11.6. The summed E-state index contributed by atoms with van der Waals surface area (Å²) in [5.41, 5.74) is 12.3. The maximum Gasteiger partial charge on any atom is 0.264 e. The molecule has 0 bridgehead atoms. The zero-order valence-electron chi connectivity index (χ0n) is 36.5. The predicted octanol–water partition coefficient (Wildman–Crippen LogP) is 13.2. The number of rotatable bonds is 14. The minimum absolute atomic E-state index is 0.179. The van der Waals surface area contributed by atoms with Gasteiger partial charge in [0.05, 0.1) is 11.2 Å². The van der Waals surface area contributed by atoms with Crippen LogP contribution < -0.4 is 9.80 Å². The Morgan fingerprint density at radius 1 is 0.770 bits per heavy atom. The van der Waals surface area contributed by atoms with E-state index in [-0.39, 0.29) is 16.6 Å². The Morgan fingerprint density at radius 3 is 2.13 bits per heavy atom. The average molecular weight is 945 g/mol. The van der Waals surface area contributed by atoms with Crippen molar-refractivity contribution in [2.24, 2.45) is 0 Å². The number of likely N-dealkylation sites (N-methyl/N-ethyl adjacent to an activating group) is 1. The molecule has 2 heterocycles. The van der Waals surface area contributed by atoms with Crippen molar-refractivity contribution in [1.82, 2.24) is 0 Å². The SMILES string of the molecule is CCCCC[N+]1=C(/C=C/C2=C(N(C)c3ccc(I)cc3)C(=C/C=C3/N(CCCCS(=O)(=O)O)c4ccc5ccccc5c4C3(C)C)/CC2)C(C)(C)c2c1ccc1ccccc21. The van der Waals surface area contributed by atoms with Gasteiger partial charge < -0.3 is 9.80 Å². The number of hydrogen-bond donors (Lipinski definition) is 1. The van der Waals surface area contributed by atoms with Crippen LogP contribution in [0, 0.1) is 3.57 Å². The summed E-state index contributed by atoms with van der Waals surface area (Å²) < 4.78 is 36.6. The van der Waals surface area contributed by atoms with E-state index >= 15 is 0 Å². The minimum atomic E-state index is -4.02. The highest BCUT2D eigenvalue weighted by atomic mass is 127. The monoisotopic (exact) mass is 944 g/mol. The van der Waals surface area contributed by atoms with Crippen molar-refractivity contribution in [3.63, 3.8) is 0 Å². The Balaban J connectivity index is 1.23. The van der Waals surface area contributed by atoms with E-state index in [1.54, 1.807) is 0 Å². The van der Waals surface area contributed by atoms with Crippen molar-refractivity contribution < 1.29 is 17.5 Å². The molecule has 8 rings (SSSR count). The third kappa shape index (κ3) is 8.40. The third-order valence-electron chi connectivity index (χ3n) is 13.2. The van der Waals surface area contributed by atoms with Gasteiger partial charge in [0, 0.05) is 69.5 Å². The molecule has 6 nitrogen and oxygen atoms in total. The van der Waals surface area contributed by atoms with Gasteiger partial charge in [-0.2, -0.15) is 13.0 Å². The summed E-state index contributed by atoms with van der Waals surface area (Å²) >= 11 is 2.38. The molecule has 5 aromatic rings. The second kappa shape index (κ2) is 17.3. The van der Waals surface area contributed by atoms with Gasteiger partial charge in [0.15, 0.2) is 5.71 Å². The van der Waals surface area contributed by atoms with Crippen molar-refractivity contribution in [3.05, 3.63) is 159 Å². The van der Waals surface area contributed by atoms with E-state index in [1.165, 1.54) is 83.0 Å². The van der Waals surface area contributed by atoms with Gasteiger partial charge in [0.2, 0.25) is 5.69 Å². The summed E-state index contributed by atoms with van der Waals surface area (Å²) in [6, 6.07) is 35.3. The van der Waals surface area contributed by atoms with Crippen LogP contribution >= 0.6 is 22.6 Å². The molecule has 3 aliphatic rings. The zero-order chi connectivity index (χ0) is 43.1. The lowest BCUT2D eigenvalue weighted by Crippen LogP contribution is -2.28. The first-order valence-corrected chi connectivity index (χ1v) is 24.6. The Bertz CT molecular complexity index is 2770. The molecular formula is C53H59IN3O3S+. The molecule has 0 unspecified atom stereocenters. The highest BCUT2D eigenvalue weighted by molar-refractivity contribution is 14.1. The fourth-order valence-corrected chi connectivity index (χ4v) is 11.2. The highest BCUT2D eigenvalue weighted by Crippen LogP contribution is 2.51.